The van der Waals surface area contributed by atoms with E-state index in [9.17, 15) is 14.4 Å². The summed E-state index contributed by atoms with van der Waals surface area (Å²) in [5.41, 5.74) is 4.35. The van der Waals surface area contributed by atoms with Gasteiger partial charge in [0.15, 0.2) is 0 Å². The Kier molecular flexibility index (Phi) is 5.35. The van der Waals surface area contributed by atoms with Gasteiger partial charge in [0.25, 0.3) is 0 Å². The second-order valence-corrected chi connectivity index (χ2v) is 9.86. The molecule has 7 heteroatoms. The average molecular weight is 472 g/mol. The second kappa shape index (κ2) is 8.56. The molecular weight excluding hydrogens is 442 g/mol. The van der Waals surface area contributed by atoms with E-state index < -0.39 is 18.1 Å². The van der Waals surface area contributed by atoms with E-state index >= 15 is 0 Å². The third-order valence-electron chi connectivity index (χ3n) is 7.96. The number of fused-ring (bicyclic) bond motifs is 4. The zero-order valence-corrected chi connectivity index (χ0v) is 19.8. The molecule has 1 saturated heterocycles. The molecule has 180 valence electrons. The molecule has 6 rings (SSSR count). The molecule has 3 aromatic rings. The molecule has 1 unspecified atom stereocenters. The lowest BCUT2D eigenvalue weighted by Gasteiger charge is -2.49. The molecule has 35 heavy (non-hydrogen) atoms. The molecule has 0 spiro atoms. The van der Waals surface area contributed by atoms with Crippen molar-refractivity contribution in [2.45, 2.75) is 56.7 Å². The van der Waals surface area contributed by atoms with Gasteiger partial charge in [-0.3, -0.25) is 9.59 Å². The number of amides is 2. The van der Waals surface area contributed by atoms with Crippen LogP contribution in [0.15, 0.2) is 48.5 Å². The molecule has 2 fully saturated rings. The van der Waals surface area contributed by atoms with Crippen molar-refractivity contribution >= 4 is 28.7 Å². The van der Waals surface area contributed by atoms with Crippen LogP contribution in [0.25, 0.3) is 10.9 Å². The van der Waals surface area contributed by atoms with Gasteiger partial charge in [-0.05, 0) is 42.2 Å². The fraction of sp³-hybridized carbons (Fsp3) is 0.393. The summed E-state index contributed by atoms with van der Waals surface area (Å²) < 4.78 is 4.84. The molecule has 7 nitrogen and oxygen atoms in total. The Labute approximate surface area is 204 Å². The Morgan fingerprint density at radius 3 is 2.49 bits per heavy atom. The quantitative estimate of drug-likeness (QED) is 0.586. The first-order chi connectivity index (χ1) is 17.1. The smallest absolute Gasteiger partial charge is 0.337 e. The fourth-order valence-electron chi connectivity index (χ4n) is 6.25. The zero-order valence-electron chi connectivity index (χ0n) is 19.8. The number of piperazine rings is 1. The van der Waals surface area contributed by atoms with E-state index in [0.717, 1.165) is 53.4 Å². The molecule has 0 radical (unpaired) electrons. The topological polar surface area (TPSA) is 82.7 Å². The van der Waals surface area contributed by atoms with E-state index in [4.69, 9.17) is 4.74 Å². The van der Waals surface area contributed by atoms with E-state index in [0.29, 0.717) is 12.0 Å². The van der Waals surface area contributed by atoms with Crippen molar-refractivity contribution in [3.63, 3.8) is 0 Å². The monoisotopic (exact) mass is 471 g/mol. The molecule has 1 aromatic heterocycles. The maximum atomic E-state index is 13.9. The van der Waals surface area contributed by atoms with Crippen molar-refractivity contribution < 1.29 is 19.1 Å². The summed E-state index contributed by atoms with van der Waals surface area (Å²) in [6, 6.07) is 14.5. The van der Waals surface area contributed by atoms with Crippen LogP contribution in [-0.4, -0.2) is 58.3 Å². The molecule has 2 aliphatic heterocycles. The summed E-state index contributed by atoms with van der Waals surface area (Å²) >= 11 is 0. The van der Waals surface area contributed by atoms with E-state index in [1.165, 1.54) is 13.5 Å². The lowest BCUT2D eigenvalue weighted by Crippen LogP contribution is -2.65. The Morgan fingerprint density at radius 1 is 1.00 bits per heavy atom. The third-order valence-corrected chi connectivity index (χ3v) is 7.96. The number of hydrogen-bond donors (Lipinski definition) is 1. The van der Waals surface area contributed by atoms with Crippen LogP contribution in [0.4, 0.5) is 0 Å². The number of aromatic nitrogens is 1. The van der Waals surface area contributed by atoms with Gasteiger partial charge in [-0.15, -0.1) is 0 Å². The number of carbonyl (C=O) groups is 3. The van der Waals surface area contributed by atoms with Crippen LogP contribution in [-0.2, 0) is 20.7 Å². The van der Waals surface area contributed by atoms with Crippen molar-refractivity contribution in [2.24, 2.45) is 0 Å². The van der Waals surface area contributed by atoms with Gasteiger partial charge in [0.2, 0.25) is 11.8 Å². The minimum Gasteiger partial charge on any atom is -0.465 e. The molecule has 1 aliphatic carbocycles. The second-order valence-electron chi connectivity index (χ2n) is 9.86. The van der Waals surface area contributed by atoms with Crippen molar-refractivity contribution in [1.29, 1.82) is 0 Å². The normalized spacial score (nSPS) is 22.8. The number of nitrogens with zero attached hydrogens (tertiary/aromatic N) is 2. The van der Waals surface area contributed by atoms with Crippen LogP contribution in [0.3, 0.4) is 0 Å². The van der Waals surface area contributed by atoms with Crippen LogP contribution in [0.2, 0.25) is 0 Å². The van der Waals surface area contributed by atoms with Gasteiger partial charge in [-0.2, -0.15) is 0 Å². The number of H-pyrrole nitrogens is 1. The number of ether oxygens (including phenoxy) is 1. The zero-order chi connectivity index (χ0) is 24.1. The Morgan fingerprint density at radius 2 is 1.74 bits per heavy atom. The Balaban J connectivity index is 1.46. The number of esters is 1. The van der Waals surface area contributed by atoms with Crippen LogP contribution in [0.1, 0.15) is 65.3 Å². The molecular formula is C28H29N3O4. The van der Waals surface area contributed by atoms with Gasteiger partial charge < -0.3 is 19.5 Å². The van der Waals surface area contributed by atoms with Gasteiger partial charge in [0.1, 0.15) is 12.6 Å². The first kappa shape index (κ1) is 21.9. The predicted molar refractivity (Wildman–Crippen MR) is 131 cm³/mol. The van der Waals surface area contributed by atoms with E-state index in [1.54, 1.807) is 17.0 Å². The number of benzene rings is 2. The van der Waals surface area contributed by atoms with Gasteiger partial charge in [0.05, 0.1) is 18.7 Å². The van der Waals surface area contributed by atoms with E-state index in [-0.39, 0.29) is 24.4 Å². The van der Waals surface area contributed by atoms with Crippen LogP contribution >= 0.6 is 0 Å². The van der Waals surface area contributed by atoms with Crippen molar-refractivity contribution in [1.82, 2.24) is 14.8 Å². The minimum absolute atomic E-state index is 0.0217. The maximum Gasteiger partial charge on any atom is 0.337 e. The van der Waals surface area contributed by atoms with E-state index in [1.807, 2.05) is 35.2 Å². The Bertz CT molecular complexity index is 1310. The number of hydrogen-bond acceptors (Lipinski definition) is 4. The molecule has 2 atom stereocenters. The maximum absolute atomic E-state index is 13.9. The predicted octanol–water partition coefficient (Wildman–Crippen LogP) is 3.97. The number of carbonyl (C=O) groups excluding carboxylic acids is 3. The summed E-state index contributed by atoms with van der Waals surface area (Å²) in [4.78, 5) is 46.8. The molecule has 0 bridgehead atoms. The highest BCUT2D eigenvalue weighted by atomic mass is 16.5. The minimum atomic E-state index is -0.532. The standard InChI is InChI=1S/C28H29N3O4/c1-35-28(34)18-13-11-17(12-14-18)26-25-21(20-9-5-6-10-22(20)29-25)15-23-27(33)30(16-24(32)31(23)26)19-7-3-2-4-8-19/h5-6,9-14,19,23,26,29H,2-4,7-8,15-16H2,1H3/t23-,26?/m0/s1. The summed E-state index contributed by atoms with van der Waals surface area (Å²) in [6.45, 7) is 0.131. The lowest BCUT2D eigenvalue weighted by atomic mass is 9.85. The number of para-hydroxylation sites is 1. The van der Waals surface area contributed by atoms with Crippen molar-refractivity contribution in [3.05, 3.63) is 70.9 Å². The fourth-order valence-corrected chi connectivity index (χ4v) is 6.25. The number of nitrogens with one attached hydrogen (secondary N) is 1. The van der Waals surface area contributed by atoms with Crippen LogP contribution in [0.5, 0.6) is 0 Å². The van der Waals surface area contributed by atoms with Crippen molar-refractivity contribution in [3.8, 4) is 0 Å². The first-order valence-corrected chi connectivity index (χ1v) is 12.5. The molecule has 3 heterocycles. The number of aromatic amines is 1. The molecule has 3 aliphatic rings. The van der Waals surface area contributed by atoms with Gasteiger partial charge >= 0.3 is 5.97 Å². The first-order valence-electron chi connectivity index (χ1n) is 12.5. The summed E-state index contributed by atoms with van der Waals surface area (Å²) in [5.74, 6) is -0.369. The van der Waals surface area contributed by atoms with Gasteiger partial charge in [-0.1, -0.05) is 49.6 Å². The summed E-state index contributed by atoms with van der Waals surface area (Å²) in [5, 5.41) is 1.09. The van der Waals surface area contributed by atoms with Crippen LogP contribution < -0.4 is 0 Å². The largest absolute Gasteiger partial charge is 0.465 e. The highest BCUT2D eigenvalue weighted by Gasteiger charge is 2.49. The van der Waals surface area contributed by atoms with E-state index in [2.05, 4.69) is 11.1 Å². The SMILES string of the molecule is COC(=O)c1ccc(C2c3[nH]c4ccccc4c3C[C@H]3C(=O)N(C4CCCCC4)CC(=O)N23)cc1. The van der Waals surface area contributed by atoms with Crippen molar-refractivity contribution in [2.75, 3.05) is 13.7 Å². The highest BCUT2D eigenvalue weighted by molar-refractivity contribution is 5.98. The molecule has 1 saturated carbocycles. The third kappa shape index (κ3) is 3.52. The molecule has 2 amide bonds. The summed E-state index contributed by atoms with van der Waals surface area (Å²) in [6.07, 6.45) is 5.87. The molecule has 2 aromatic carbocycles. The van der Waals surface area contributed by atoms with Crippen LogP contribution in [0, 0.1) is 0 Å². The van der Waals surface area contributed by atoms with Gasteiger partial charge in [0, 0.05) is 29.1 Å². The highest BCUT2D eigenvalue weighted by Crippen LogP contribution is 2.43. The molecule has 1 N–H and O–H groups in total. The average Bonchev–Trinajstić information content (AvgIpc) is 3.28. The summed E-state index contributed by atoms with van der Waals surface area (Å²) in [7, 11) is 1.36. The Hall–Kier alpha value is -3.61. The number of methoxy groups -OCH3 is 1. The van der Waals surface area contributed by atoms with Gasteiger partial charge in [-0.25, -0.2) is 4.79 Å². The number of rotatable bonds is 3. The lowest BCUT2D eigenvalue weighted by molar-refractivity contribution is -0.161.